The van der Waals surface area contributed by atoms with Crippen LogP contribution in [0.2, 0.25) is 0 Å². The molecular formula is C20H19N5O2S. The summed E-state index contributed by atoms with van der Waals surface area (Å²) in [6.45, 7) is 0.258. The van der Waals surface area contributed by atoms with Crippen LogP contribution < -0.4 is 10.9 Å². The molecule has 8 heteroatoms. The van der Waals surface area contributed by atoms with Crippen LogP contribution in [0.3, 0.4) is 0 Å². The molecule has 4 aromatic rings. The number of hydrogen-bond acceptors (Lipinski definition) is 5. The van der Waals surface area contributed by atoms with Gasteiger partial charge >= 0.3 is 0 Å². The molecule has 1 aromatic carbocycles. The molecule has 3 heterocycles. The summed E-state index contributed by atoms with van der Waals surface area (Å²) in [5.74, 6) is -0.125. The smallest absolute Gasteiger partial charge is 0.264 e. The van der Waals surface area contributed by atoms with E-state index in [2.05, 4.69) is 15.4 Å². The molecule has 4 rings (SSSR count). The Morgan fingerprint density at radius 2 is 2.04 bits per heavy atom. The van der Waals surface area contributed by atoms with Crippen LogP contribution in [-0.2, 0) is 18.4 Å². The van der Waals surface area contributed by atoms with Crippen molar-refractivity contribution in [2.75, 3.05) is 0 Å². The lowest BCUT2D eigenvalue weighted by molar-refractivity contribution is -0.121. The van der Waals surface area contributed by atoms with E-state index in [1.54, 1.807) is 23.1 Å². The first-order valence-electron chi connectivity index (χ1n) is 8.88. The molecule has 0 spiro atoms. The van der Waals surface area contributed by atoms with Gasteiger partial charge in [-0.3, -0.25) is 18.8 Å². The van der Waals surface area contributed by atoms with Crippen molar-refractivity contribution in [3.63, 3.8) is 0 Å². The molecule has 0 aliphatic heterocycles. The number of nitrogens with one attached hydrogen (secondary N) is 1. The normalized spacial score (nSPS) is 12.2. The molecule has 0 saturated heterocycles. The molecule has 1 N–H and O–H groups in total. The number of thiophene rings is 1. The van der Waals surface area contributed by atoms with Gasteiger partial charge in [-0.25, -0.2) is 4.98 Å². The molecule has 1 atom stereocenters. The lowest BCUT2D eigenvalue weighted by atomic mass is 10.1. The number of benzene rings is 1. The average Bonchev–Trinajstić information content (AvgIpc) is 3.37. The maximum absolute atomic E-state index is 12.6. The Labute approximate surface area is 165 Å². The van der Waals surface area contributed by atoms with Gasteiger partial charge in [-0.2, -0.15) is 5.10 Å². The lowest BCUT2D eigenvalue weighted by Gasteiger charge is -2.18. The van der Waals surface area contributed by atoms with Gasteiger partial charge in [0.1, 0.15) is 5.39 Å². The Bertz CT molecular complexity index is 1150. The molecule has 0 aliphatic carbocycles. The summed E-state index contributed by atoms with van der Waals surface area (Å²) < 4.78 is 3.01. The number of amides is 1. The maximum atomic E-state index is 12.6. The van der Waals surface area contributed by atoms with Gasteiger partial charge in [-0.05, 0) is 17.0 Å². The quantitative estimate of drug-likeness (QED) is 0.546. The number of hydrogen-bond donors (Lipinski definition) is 1. The van der Waals surface area contributed by atoms with E-state index in [0.717, 1.165) is 10.4 Å². The molecule has 0 aliphatic rings. The SMILES string of the molecule is Cn1ncc2c(=O)n(CCC(=O)N[C@@H](c3ccccc3)c3cccs3)cnc21. The highest BCUT2D eigenvalue weighted by atomic mass is 32.1. The Morgan fingerprint density at radius 1 is 1.21 bits per heavy atom. The highest BCUT2D eigenvalue weighted by molar-refractivity contribution is 7.10. The Balaban J connectivity index is 1.49. The second kappa shape index (κ2) is 7.77. The summed E-state index contributed by atoms with van der Waals surface area (Å²) in [5, 5.41) is 9.58. The van der Waals surface area contributed by atoms with Gasteiger partial charge in [0.15, 0.2) is 5.65 Å². The Morgan fingerprint density at radius 3 is 2.79 bits per heavy atom. The first-order chi connectivity index (χ1) is 13.6. The number of rotatable bonds is 6. The second-order valence-electron chi connectivity index (χ2n) is 6.43. The monoisotopic (exact) mass is 393 g/mol. The van der Waals surface area contributed by atoms with E-state index in [1.165, 1.54) is 17.1 Å². The number of carbonyl (C=O) groups excluding carboxylic acids is 1. The molecule has 0 saturated carbocycles. The summed E-state index contributed by atoms with van der Waals surface area (Å²) in [6, 6.07) is 13.6. The van der Waals surface area contributed by atoms with E-state index in [-0.39, 0.29) is 30.5 Å². The summed E-state index contributed by atoms with van der Waals surface area (Å²) >= 11 is 1.60. The van der Waals surface area contributed by atoms with Crippen LogP contribution in [0.1, 0.15) is 22.9 Å². The fraction of sp³-hybridized carbons (Fsp3) is 0.200. The highest BCUT2D eigenvalue weighted by Gasteiger charge is 2.18. The zero-order valence-electron chi connectivity index (χ0n) is 15.3. The van der Waals surface area contributed by atoms with Crippen molar-refractivity contribution >= 4 is 28.3 Å². The molecule has 3 aromatic heterocycles. The molecule has 1 amide bonds. The summed E-state index contributed by atoms with van der Waals surface area (Å²) in [4.78, 5) is 30.5. The number of carbonyl (C=O) groups is 1. The van der Waals surface area contributed by atoms with E-state index in [0.29, 0.717) is 11.0 Å². The average molecular weight is 393 g/mol. The molecule has 0 bridgehead atoms. The van der Waals surface area contributed by atoms with Crippen LogP contribution in [0.15, 0.2) is 65.2 Å². The van der Waals surface area contributed by atoms with Crippen LogP contribution in [0.4, 0.5) is 0 Å². The maximum Gasteiger partial charge on any atom is 0.264 e. The third-order valence-electron chi connectivity index (χ3n) is 4.56. The standard InChI is InChI=1S/C20H19N5O2S/c1-24-19-15(12-22-24)20(27)25(13-21-19)10-9-17(26)23-18(16-8-5-11-28-16)14-6-3-2-4-7-14/h2-8,11-13,18H,9-10H2,1H3,(H,23,26)/t18-/m0/s1. The van der Waals surface area contributed by atoms with Crippen LogP contribution >= 0.6 is 11.3 Å². The molecule has 7 nitrogen and oxygen atoms in total. The van der Waals surface area contributed by atoms with Crippen LogP contribution in [0, 0.1) is 0 Å². The van der Waals surface area contributed by atoms with Crippen molar-refractivity contribution in [1.82, 2.24) is 24.6 Å². The lowest BCUT2D eigenvalue weighted by Crippen LogP contribution is -2.31. The van der Waals surface area contributed by atoms with Gasteiger partial charge in [0.2, 0.25) is 5.91 Å². The van der Waals surface area contributed by atoms with E-state index < -0.39 is 0 Å². The molecule has 28 heavy (non-hydrogen) atoms. The third-order valence-corrected chi connectivity index (χ3v) is 5.50. The van der Waals surface area contributed by atoms with Crippen molar-refractivity contribution in [2.24, 2.45) is 7.05 Å². The number of nitrogens with zero attached hydrogens (tertiary/aromatic N) is 4. The summed E-state index contributed by atoms with van der Waals surface area (Å²) in [5.41, 5.74) is 1.37. The first kappa shape index (κ1) is 18.1. The third kappa shape index (κ3) is 3.59. The van der Waals surface area contributed by atoms with Crippen molar-refractivity contribution in [3.05, 3.63) is 81.2 Å². The molecular weight excluding hydrogens is 374 g/mol. The predicted octanol–water partition coefficient (Wildman–Crippen LogP) is 2.49. The number of aryl methyl sites for hydroxylation is 2. The van der Waals surface area contributed by atoms with Gasteiger partial charge in [0.05, 0.1) is 18.6 Å². The highest BCUT2D eigenvalue weighted by Crippen LogP contribution is 2.26. The van der Waals surface area contributed by atoms with Gasteiger partial charge < -0.3 is 5.32 Å². The van der Waals surface area contributed by atoms with Crippen LogP contribution in [0.25, 0.3) is 11.0 Å². The molecule has 0 unspecified atom stereocenters. The van der Waals surface area contributed by atoms with Crippen molar-refractivity contribution in [2.45, 2.75) is 19.0 Å². The van der Waals surface area contributed by atoms with Crippen molar-refractivity contribution in [3.8, 4) is 0 Å². The van der Waals surface area contributed by atoms with Crippen molar-refractivity contribution in [1.29, 1.82) is 0 Å². The van der Waals surface area contributed by atoms with E-state index >= 15 is 0 Å². The number of fused-ring (bicyclic) bond motifs is 1. The molecule has 0 radical (unpaired) electrons. The van der Waals surface area contributed by atoms with Crippen LogP contribution in [0.5, 0.6) is 0 Å². The fourth-order valence-electron chi connectivity index (χ4n) is 3.10. The Hall–Kier alpha value is -3.26. The van der Waals surface area contributed by atoms with Gasteiger partial charge in [0, 0.05) is 24.9 Å². The minimum absolute atomic E-state index is 0.125. The zero-order chi connectivity index (χ0) is 19.5. The topological polar surface area (TPSA) is 81.8 Å². The van der Waals surface area contributed by atoms with E-state index in [9.17, 15) is 9.59 Å². The van der Waals surface area contributed by atoms with Crippen LogP contribution in [-0.4, -0.2) is 25.2 Å². The Kier molecular flexibility index (Phi) is 5.03. The summed E-state index contributed by atoms with van der Waals surface area (Å²) in [7, 11) is 1.74. The first-order valence-corrected chi connectivity index (χ1v) is 9.76. The molecule has 0 fully saturated rings. The number of aromatic nitrogens is 4. The molecule has 142 valence electrons. The fourth-order valence-corrected chi connectivity index (χ4v) is 3.90. The minimum atomic E-state index is -0.204. The van der Waals surface area contributed by atoms with Gasteiger partial charge in [-0.15, -0.1) is 11.3 Å². The zero-order valence-corrected chi connectivity index (χ0v) is 16.1. The van der Waals surface area contributed by atoms with E-state index in [4.69, 9.17) is 0 Å². The largest absolute Gasteiger partial charge is 0.344 e. The summed E-state index contributed by atoms with van der Waals surface area (Å²) in [6.07, 6.45) is 3.15. The van der Waals surface area contributed by atoms with Gasteiger partial charge in [-0.1, -0.05) is 36.4 Å². The van der Waals surface area contributed by atoms with E-state index in [1.807, 2.05) is 47.8 Å². The predicted molar refractivity (Wildman–Crippen MR) is 108 cm³/mol. The minimum Gasteiger partial charge on any atom is -0.344 e. The van der Waals surface area contributed by atoms with Crippen molar-refractivity contribution < 1.29 is 4.79 Å². The van der Waals surface area contributed by atoms with Gasteiger partial charge in [0.25, 0.3) is 5.56 Å². The second-order valence-corrected chi connectivity index (χ2v) is 7.40.